The van der Waals surface area contributed by atoms with Crippen LogP contribution >= 0.6 is 0 Å². The second-order valence-electron chi connectivity index (χ2n) is 6.38. The van der Waals surface area contributed by atoms with E-state index in [0.717, 1.165) is 25.6 Å². The second-order valence-corrected chi connectivity index (χ2v) is 6.38. The minimum absolute atomic E-state index is 0.0951. The van der Waals surface area contributed by atoms with Crippen molar-refractivity contribution in [2.75, 3.05) is 33.3 Å². The van der Waals surface area contributed by atoms with Crippen LogP contribution < -0.4 is 5.32 Å². The van der Waals surface area contributed by atoms with Crippen molar-refractivity contribution in [3.8, 4) is 0 Å². The summed E-state index contributed by atoms with van der Waals surface area (Å²) in [4.78, 5) is 13.6. The fourth-order valence-corrected chi connectivity index (χ4v) is 3.50. The van der Waals surface area contributed by atoms with Gasteiger partial charge in [0.2, 0.25) is 0 Å². The van der Waals surface area contributed by atoms with Crippen LogP contribution in [0.4, 0.5) is 0 Å². The Kier molecular flexibility index (Phi) is 6.80. The van der Waals surface area contributed by atoms with Crippen molar-refractivity contribution in [3.05, 3.63) is 0 Å². The lowest BCUT2D eigenvalue weighted by Gasteiger charge is -2.34. The van der Waals surface area contributed by atoms with Gasteiger partial charge in [-0.25, -0.2) is 0 Å². The molecule has 0 spiro atoms. The average Bonchev–Trinajstić information content (AvgIpc) is 2.52. The summed E-state index contributed by atoms with van der Waals surface area (Å²) in [5.41, 5.74) is 0. The molecule has 4 nitrogen and oxygen atoms in total. The van der Waals surface area contributed by atoms with Gasteiger partial charge in [0.05, 0.1) is 13.5 Å². The lowest BCUT2D eigenvalue weighted by Crippen LogP contribution is -2.47. The van der Waals surface area contributed by atoms with E-state index in [-0.39, 0.29) is 5.97 Å². The zero-order valence-corrected chi connectivity index (χ0v) is 12.9. The quantitative estimate of drug-likeness (QED) is 0.758. The number of likely N-dealkylation sites (tertiary alicyclic amines) is 1. The minimum atomic E-state index is -0.0951. The first-order valence-electron chi connectivity index (χ1n) is 8.30. The third kappa shape index (κ3) is 5.41. The summed E-state index contributed by atoms with van der Waals surface area (Å²) < 4.78 is 4.71. The molecule has 2 fully saturated rings. The number of hydrogen-bond donors (Lipinski definition) is 1. The third-order valence-electron chi connectivity index (χ3n) is 4.79. The van der Waals surface area contributed by atoms with Crippen molar-refractivity contribution >= 4 is 5.97 Å². The van der Waals surface area contributed by atoms with Gasteiger partial charge in [-0.3, -0.25) is 4.79 Å². The first-order valence-corrected chi connectivity index (χ1v) is 8.30. The van der Waals surface area contributed by atoms with E-state index < -0.39 is 0 Å². The molecule has 1 saturated heterocycles. The standard InChI is InChI=1S/C16H30N2O2/c1-20-16(19)9-11-18-10-5-8-15(13-18)17-12-14-6-3-2-4-7-14/h14-15,17H,2-13H2,1H3. The van der Waals surface area contributed by atoms with Crippen LogP contribution in [0.2, 0.25) is 0 Å². The summed E-state index contributed by atoms with van der Waals surface area (Å²) in [6.45, 7) is 4.24. The minimum Gasteiger partial charge on any atom is -0.469 e. The molecule has 1 saturated carbocycles. The fourth-order valence-electron chi connectivity index (χ4n) is 3.50. The number of hydrogen-bond acceptors (Lipinski definition) is 4. The Morgan fingerprint density at radius 2 is 2.00 bits per heavy atom. The molecule has 0 aromatic rings. The molecule has 0 aromatic carbocycles. The molecule has 116 valence electrons. The number of rotatable bonds is 6. The summed E-state index contributed by atoms with van der Waals surface area (Å²) in [6.07, 6.45) is 10.1. The molecule has 20 heavy (non-hydrogen) atoms. The van der Waals surface area contributed by atoms with E-state index in [2.05, 4.69) is 10.2 Å². The molecule has 2 rings (SSSR count). The summed E-state index contributed by atoms with van der Waals surface area (Å²) in [5.74, 6) is 0.802. The van der Waals surface area contributed by atoms with Crippen LogP contribution in [0.15, 0.2) is 0 Å². The first kappa shape index (κ1) is 15.8. The molecule has 2 aliphatic rings. The Labute approximate surface area is 123 Å². The van der Waals surface area contributed by atoms with Gasteiger partial charge in [0.15, 0.2) is 0 Å². The molecule has 0 aromatic heterocycles. The van der Waals surface area contributed by atoms with E-state index >= 15 is 0 Å². The number of carbonyl (C=O) groups excluding carboxylic acids is 1. The largest absolute Gasteiger partial charge is 0.469 e. The Balaban J connectivity index is 1.63. The van der Waals surface area contributed by atoms with Gasteiger partial charge in [-0.15, -0.1) is 0 Å². The summed E-state index contributed by atoms with van der Waals surface area (Å²) in [5, 5.41) is 3.77. The number of esters is 1. The van der Waals surface area contributed by atoms with E-state index in [9.17, 15) is 4.79 Å². The molecule has 0 amide bonds. The lowest BCUT2D eigenvalue weighted by molar-refractivity contribution is -0.141. The number of nitrogens with one attached hydrogen (secondary N) is 1. The van der Waals surface area contributed by atoms with Crippen molar-refractivity contribution in [2.24, 2.45) is 5.92 Å². The smallest absolute Gasteiger partial charge is 0.306 e. The zero-order valence-electron chi connectivity index (χ0n) is 12.9. The number of nitrogens with zero attached hydrogens (tertiary/aromatic N) is 1. The summed E-state index contributed by atoms with van der Waals surface area (Å²) in [7, 11) is 1.47. The maximum atomic E-state index is 11.2. The molecule has 1 aliphatic carbocycles. The van der Waals surface area contributed by atoms with Crippen LogP contribution in [0, 0.1) is 5.92 Å². The van der Waals surface area contributed by atoms with E-state index in [0.29, 0.717) is 12.5 Å². The zero-order chi connectivity index (χ0) is 14.2. The average molecular weight is 282 g/mol. The molecular formula is C16H30N2O2. The Morgan fingerprint density at radius 1 is 1.20 bits per heavy atom. The van der Waals surface area contributed by atoms with Crippen LogP contribution in [0.25, 0.3) is 0 Å². The van der Waals surface area contributed by atoms with Gasteiger partial charge in [0.1, 0.15) is 0 Å². The van der Waals surface area contributed by atoms with Gasteiger partial charge in [-0.2, -0.15) is 0 Å². The maximum absolute atomic E-state index is 11.2. The highest BCUT2D eigenvalue weighted by molar-refractivity contribution is 5.69. The summed E-state index contributed by atoms with van der Waals surface area (Å²) in [6, 6.07) is 0.614. The van der Waals surface area contributed by atoms with Gasteiger partial charge in [-0.1, -0.05) is 19.3 Å². The maximum Gasteiger partial charge on any atom is 0.306 e. The van der Waals surface area contributed by atoms with E-state index in [1.165, 1.54) is 58.6 Å². The topological polar surface area (TPSA) is 41.6 Å². The van der Waals surface area contributed by atoms with Crippen LogP contribution in [0.1, 0.15) is 51.4 Å². The Hall–Kier alpha value is -0.610. The molecule has 0 bridgehead atoms. The fraction of sp³-hybridized carbons (Fsp3) is 0.938. The van der Waals surface area contributed by atoms with Crippen molar-refractivity contribution in [1.82, 2.24) is 10.2 Å². The van der Waals surface area contributed by atoms with Gasteiger partial charge in [0, 0.05) is 19.1 Å². The van der Waals surface area contributed by atoms with Gasteiger partial charge in [-0.05, 0) is 44.7 Å². The lowest BCUT2D eigenvalue weighted by atomic mass is 9.89. The van der Waals surface area contributed by atoms with Crippen molar-refractivity contribution in [1.29, 1.82) is 0 Å². The van der Waals surface area contributed by atoms with E-state index in [1.807, 2.05) is 0 Å². The predicted molar refractivity (Wildman–Crippen MR) is 80.7 cm³/mol. The van der Waals surface area contributed by atoms with Crippen LogP contribution in [0.5, 0.6) is 0 Å². The van der Waals surface area contributed by atoms with Crippen LogP contribution in [0.3, 0.4) is 0 Å². The molecule has 1 unspecified atom stereocenters. The first-order chi connectivity index (χ1) is 9.78. The van der Waals surface area contributed by atoms with E-state index in [1.54, 1.807) is 0 Å². The molecular weight excluding hydrogens is 252 g/mol. The molecule has 4 heteroatoms. The molecule has 1 heterocycles. The Bertz CT molecular complexity index is 290. The molecule has 0 radical (unpaired) electrons. The number of methoxy groups -OCH3 is 1. The van der Waals surface area contributed by atoms with Crippen molar-refractivity contribution < 1.29 is 9.53 Å². The summed E-state index contributed by atoms with van der Waals surface area (Å²) >= 11 is 0. The highest BCUT2D eigenvalue weighted by Gasteiger charge is 2.21. The normalized spacial score (nSPS) is 25.6. The van der Waals surface area contributed by atoms with Crippen molar-refractivity contribution in [3.63, 3.8) is 0 Å². The monoisotopic (exact) mass is 282 g/mol. The highest BCUT2D eigenvalue weighted by atomic mass is 16.5. The molecule has 1 atom stereocenters. The number of ether oxygens (including phenoxy) is 1. The SMILES string of the molecule is COC(=O)CCN1CCCC(NCC2CCCCC2)C1. The third-order valence-corrected chi connectivity index (χ3v) is 4.79. The van der Waals surface area contributed by atoms with Gasteiger partial charge < -0.3 is 15.0 Å². The Morgan fingerprint density at radius 3 is 2.75 bits per heavy atom. The predicted octanol–water partition coefficient (Wildman–Crippen LogP) is 2.18. The van der Waals surface area contributed by atoms with Crippen molar-refractivity contribution in [2.45, 2.75) is 57.4 Å². The molecule has 1 aliphatic heterocycles. The van der Waals surface area contributed by atoms with Gasteiger partial charge in [0.25, 0.3) is 0 Å². The van der Waals surface area contributed by atoms with Gasteiger partial charge >= 0.3 is 5.97 Å². The number of carbonyl (C=O) groups is 1. The van der Waals surface area contributed by atoms with Crippen LogP contribution in [-0.4, -0.2) is 50.2 Å². The second kappa shape index (κ2) is 8.63. The number of piperidine rings is 1. The van der Waals surface area contributed by atoms with E-state index in [4.69, 9.17) is 4.74 Å². The molecule has 1 N–H and O–H groups in total. The highest BCUT2D eigenvalue weighted by Crippen LogP contribution is 2.23. The van der Waals surface area contributed by atoms with Crippen LogP contribution in [-0.2, 0) is 9.53 Å².